The molecule has 2 atom stereocenters. The van der Waals surface area contributed by atoms with Gasteiger partial charge in [-0.3, -0.25) is 9.59 Å². The van der Waals surface area contributed by atoms with E-state index in [4.69, 9.17) is 4.74 Å². The van der Waals surface area contributed by atoms with Gasteiger partial charge in [-0.25, -0.2) is 0 Å². The highest BCUT2D eigenvalue weighted by atomic mass is 19.4. The summed E-state index contributed by atoms with van der Waals surface area (Å²) < 4.78 is 46.3. The van der Waals surface area contributed by atoms with Gasteiger partial charge in [-0.1, -0.05) is 39.0 Å². The first-order valence-corrected chi connectivity index (χ1v) is 13.0. The lowest BCUT2D eigenvalue weighted by molar-refractivity contribution is -0.274. The summed E-state index contributed by atoms with van der Waals surface area (Å²) >= 11 is 0. The number of carbonyl (C=O) groups is 2. The van der Waals surface area contributed by atoms with Crippen molar-refractivity contribution in [1.82, 2.24) is 10.2 Å². The van der Waals surface area contributed by atoms with Crippen LogP contribution in [0.15, 0.2) is 24.3 Å². The van der Waals surface area contributed by atoms with Crippen LogP contribution in [-0.4, -0.2) is 62.0 Å². The van der Waals surface area contributed by atoms with Crippen molar-refractivity contribution in [1.29, 1.82) is 0 Å². The molecule has 36 heavy (non-hydrogen) atoms. The second kappa shape index (κ2) is 13.7. The van der Waals surface area contributed by atoms with E-state index in [-0.39, 0.29) is 35.9 Å². The van der Waals surface area contributed by atoms with Crippen LogP contribution in [0.4, 0.5) is 18.9 Å². The van der Waals surface area contributed by atoms with E-state index in [1.807, 2.05) is 6.92 Å². The number of halogens is 3. The number of nitrogens with zero attached hydrogens (tertiary/aromatic N) is 1. The molecule has 7 nitrogen and oxygen atoms in total. The number of nitrogens with one attached hydrogen (secondary N) is 2. The van der Waals surface area contributed by atoms with E-state index < -0.39 is 6.36 Å². The van der Waals surface area contributed by atoms with Gasteiger partial charge in [0.2, 0.25) is 11.8 Å². The number of ether oxygens (including phenoxy) is 2. The topological polar surface area (TPSA) is 79.9 Å². The maximum Gasteiger partial charge on any atom is 0.573 e. The Morgan fingerprint density at radius 1 is 1.11 bits per heavy atom. The fourth-order valence-corrected chi connectivity index (χ4v) is 4.89. The number of morpholine rings is 1. The maximum absolute atomic E-state index is 13.3. The normalized spacial score (nSPS) is 18.8. The number of hydrogen-bond donors (Lipinski definition) is 2. The number of anilines is 1. The number of alkyl halides is 3. The molecule has 202 valence electrons. The molecule has 0 aromatic heterocycles. The van der Waals surface area contributed by atoms with Crippen molar-refractivity contribution in [3.05, 3.63) is 24.3 Å². The van der Waals surface area contributed by atoms with Gasteiger partial charge in [0.05, 0.1) is 13.2 Å². The zero-order valence-electron chi connectivity index (χ0n) is 20.9. The Hall–Kier alpha value is -2.49. The van der Waals surface area contributed by atoms with Crippen molar-refractivity contribution in [3.8, 4) is 5.75 Å². The van der Waals surface area contributed by atoms with Crippen LogP contribution in [0.1, 0.15) is 58.3 Å². The quantitative estimate of drug-likeness (QED) is 0.447. The number of rotatable bonds is 11. The number of benzene rings is 1. The van der Waals surface area contributed by atoms with Gasteiger partial charge in [-0.05, 0) is 43.0 Å². The van der Waals surface area contributed by atoms with Crippen LogP contribution < -0.4 is 15.4 Å². The summed E-state index contributed by atoms with van der Waals surface area (Å²) in [5.41, 5.74) is 0.624. The summed E-state index contributed by atoms with van der Waals surface area (Å²) in [6.07, 6.45) is 2.62. The molecule has 10 heteroatoms. The molecule has 2 aliphatic rings. The molecule has 2 fully saturated rings. The molecule has 2 N–H and O–H groups in total. The van der Waals surface area contributed by atoms with Crippen LogP contribution in [0.2, 0.25) is 0 Å². The highest BCUT2D eigenvalue weighted by molar-refractivity contribution is 5.86. The Labute approximate surface area is 211 Å². The van der Waals surface area contributed by atoms with Crippen molar-refractivity contribution in [3.63, 3.8) is 0 Å². The summed E-state index contributed by atoms with van der Waals surface area (Å²) in [6, 6.07) is 5.31. The molecule has 1 aromatic carbocycles. The van der Waals surface area contributed by atoms with E-state index in [0.717, 1.165) is 12.8 Å². The molecular formula is C26H38F3N3O4. The first-order valence-electron chi connectivity index (χ1n) is 13.0. The van der Waals surface area contributed by atoms with Crippen molar-refractivity contribution in [2.45, 2.75) is 70.7 Å². The molecule has 2 unspecified atom stereocenters. The van der Waals surface area contributed by atoms with Crippen molar-refractivity contribution in [2.24, 2.45) is 11.8 Å². The monoisotopic (exact) mass is 513 g/mol. The molecule has 1 saturated heterocycles. The minimum absolute atomic E-state index is 0.00148. The average Bonchev–Trinajstić information content (AvgIpc) is 2.87. The SMILES string of the molecule is CCC(CNc1ccc(OC(F)(F)F)cc1)NC(=O)C(CC(=O)N1CCOCC1)CC1CCCCC1. The fourth-order valence-electron chi connectivity index (χ4n) is 4.89. The Bertz CT molecular complexity index is 823. The molecule has 1 aliphatic carbocycles. The highest BCUT2D eigenvalue weighted by Gasteiger charge is 2.31. The Kier molecular flexibility index (Phi) is 10.7. The second-order valence-electron chi connectivity index (χ2n) is 9.70. The third kappa shape index (κ3) is 9.52. The van der Waals surface area contributed by atoms with Gasteiger partial charge in [0, 0.05) is 43.7 Å². The highest BCUT2D eigenvalue weighted by Crippen LogP contribution is 2.31. The predicted octanol–water partition coefficient (Wildman–Crippen LogP) is 4.73. The number of carbonyl (C=O) groups excluding carboxylic acids is 2. The largest absolute Gasteiger partial charge is 0.573 e. The fraction of sp³-hybridized carbons (Fsp3) is 0.692. The van der Waals surface area contributed by atoms with Crippen LogP contribution in [-0.2, 0) is 14.3 Å². The third-order valence-electron chi connectivity index (χ3n) is 6.98. The van der Waals surface area contributed by atoms with Crippen LogP contribution in [0.25, 0.3) is 0 Å². The van der Waals surface area contributed by atoms with E-state index in [2.05, 4.69) is 15.4 Å². The van der Waals surface area contributed by atoms with Gasteiger partial charge >= 0.3 is 6.36 Å². The average molecular weight is 514 g/mol. The Morgan fingerprint density at radius 3 is 2.39 bits per heavy atom. The third-order valence-corrected chi connectivity index (χ3v) is 6.98. The van der Waals surface area contributed by atoms with Crippen LogP contribution in [0.3, 0.4) is 0 Å². The van der Waals surface area contributed by atoms with E-state index >= 15 is 0 Å². The molecule has 0 bridgehead atoms. The Balaban J connectivity index is 1.56. The predicted molar refractivity (Wildman–Crippen MR) is 131 cm³/mol. The Morgan fingerprint density at radius 2 is 1.78 bits per heavy atom. The zero-order valence-corrected chi connectivity index (χ0v) is 20.9. The maximum atomic E-state index is 13.3. The second-order valence-corrected chi connectivity index (χ2v) is 9.70. The molecule has 1 aromatic rings. The standard InChI is InChI=1S/C26H38F3N3O4/c1-2-21(18-30-22-8-10-23(11-9-22)36-26(27,28)29)31-25(34)20(16-19-6-4-3-5-7-19)17-24(33)32-12-14-35-15-13-32/h8-11,19-21,30H,2-7,12-18H2,1H3,(H,31,34). The first kappa shape index (κ1) is 28.1. The summed E-state index contributed by atoms with van der Waals surface area (Å²) in [5.74, 6) is -0.311. The van der Waals surface area contributed by atoms with Gasteiger partial charge < -0.3 is 25.0 Å². The summed E-state index contributed by atoms with van der Waals surface area (Å²) in [5, 5.41) is 6.27. The van der Waals surface area contributed by atoms with Crippen molar-refractivity contribution in [2.75, 3.05) is 38.2 Å². The smallest absolute Gasteiger partial charge is 0.406 e. The molecular weight excluding hydrogens is 475 g/mol. The van der Waals surface area contributed by atoms with Gasteiger partial charge in [-0.2, -0.15) is 0 Å². The van der Waals surface area contributed by atoms with E-state index in [0.29, 0.717) is 57.3 Å². The molecule has 0 spiro atoms. The first-order chi connectivity index (χ1) is 17.2. The van der Waals surface area contributed by atoms with E-state index in [9.17, 15) is 22.8 Å². The number of amides is 2. The van der Waals surface area contributed by atoms with E-state index in [1.165, 1.54) is 43.5 Å². The lowest BCUT2D eigenvalue weighted by Gasteiger charge is -2.31. The van der Waals surface area contributed by atoms with Crippen LogP contribution >= 0.6 is 0 Å². The van der Waals surface area contributed by atoms with Gasteiger partial charge in [0.1, 0.15) is 5.75 Å². The molecule has 2 amide bonds. The van der Waals surface area contributed by atoms with Crippen LogP contribution in [0.5, 0.6) is 5.75 Å². The molecule has 1 aliphatic heterocycles. The molecule has 1 saturated carbocycles. The van der Waals surface area contributed by atoms with E-state index in [1.54, 1.807) is 4.90 Å². The minimum atomic E-state index is -4.73. The summed E-state index contributed by atoms with van der Waals surface area (Å²) in [7, 11) is 0. The zero-order chi connectivity index (χ0) is 26.0. The molecule has 0 radical (unpaired) electrons. The lowest BCUT2D eigenvalue weighted by atomic mass is 9.81. The van der Waals surface area contributed by atoms with Gasteiger partial charge in [0.15, 0.2) is 0 Å². The van der Waals surface area contributed by atoms with Gasteiger partial charge in [0.25, 0.3) is 0 Å². The molecule has 3 rings (SSSR count). The van der Waals surface area contributed by atoms with Crippen molar-refractivity contribution < 1.29 is 32.2 Å². The number of hydrogen-bond acceptors (Lipinski definition) is 5. The lowest BCUT2D eigenvalue weighted by Crippen LogP contribution is -2.46. The van der Waals surface area contributed by atoms with Crippen LogP contribution in [0, 0.1) is 11.8 Å². The van der Waals surface area contributed by atoms with Gasteiger partial charge in [-0.15, -0.1) is 13.2 Å². The molecule has 1 heterocycles. The summed E-state index contributed by atoms with van der Waals surface area (Å²) in [4.78, 5) is 28.1. The minimum Gasteiger partial charge on any atom is -0.406 e. The summed E-state index contributed by atoms with van der Waals surface area (Å²) in [6.45, 7) is 4.54. The van der Waals surface area contributed by atoms with Crippen molar-refractivity contribution >= 4 is 17.5 Å².